The highest BCUT2D eigenvalue weighted by Gasteiger charge is 2.44. The number of halogens is 3. The Kier molecular flexibility index (Phi) is 4.15. The Morgan fingerprint density at radius 1 is 1.50 bits per heavy atom. The largest absolute Gasteiger partial charge is 0.502 e. The molecule has 18 heavy (non-hydrogen) atoms. The van der Waals surface area contributed by atoms with Crippen molar-refractivity contribution in [2.75, 3.05) is 6.61 Å². The van der Waals surface area contributed by atoms with Crippen LogP contribution in [-0.4, -0.2) is 18.7 Å². The first-order valence-corrected chi connectivity index (χ1v) is 4.84. The zero-order chi connectivity index (χ0) is 13.8. The van der Waals surface area contributed by atoms with Gasteiger partial charge in [-0.05, 0) is 19.1 Å². The SMILES string of the molecule is CCOC(=O)C(F)(F)Oc1ccc(C#N)c(F)c1. The summed E-state index contributed by atoms with van der Waals surface area (Å²) in [5, 5.41) is 8.45. The lowest BCUT2D eigenvalue weighted by Crippen LogP contribution is -2.36. The summed E-state index contributed by atoms with van der Waals surface area (Å²) in [6, 6.07) is 4.02. The van der Waals surface area contributed by atoms with Gasteiger partial charge in [-0.2, -0.15) is 14.0 Å². The van der Waals surface area contributed by atoms with E-state index < -0.39 is 23.6 Å². The van der Waals surface area contributed by atoms with Gasteiger partial charge in [0.05, 0.1) is 12.2 Å². The molecular formula is C11H8F3NO3. The van der Waals surface area contributed by atoms with E-state index in [-0.39, 0.29) is 12.2 Å². The van der Waals surface area contributed by atoms with Gasteiger partial charge < -0.3 is 9.47 Å². The van der Waals surface area contributed by atoms with Crippen LogP contribution in [0.4, 0.5) is 13.2 Å². The molecule has 0 atom stereocenters. The maximum absolute atomic E-state index is 13.1. The first-order valence-electron chi connectivity index (χ1n) is 4.84. The summed E-state index contributed by atoms with van der Waals surface area (Å²) in [6.45, 7) is 1.12. The lowest BCUT2D eigenvalue weighted by Gasteiger charge is -2.15. The highest BCUT2D eigenvalue weighted by Crippen LogP contribution is 2.24. The van der Waals surface area contributed by atoms with E-state index in [0.29, 0.717) is 6.07 Å². The van der Waals surface area contributed by atoms with Crippen LogP contribution in [0.25, 0.3) is 0 Å². The summed E-state index contributed by atoms with van der Waals surface area (Å²) < 4.78 is 47.5. The average Bonchev–Trinajstić information content (AvgIpc) is 2.29. The van der Waals surface area contributed by atoms with E-state index in [1.807, 2.05) is 0 Å². The van der Waals surface area contributed by atoms with Gasteiger partial charge >= 0.3 is 12.1 Å². The van der Waals surface area contributed by atoms with Crippen LogP contribution < -0.4 is 4.74 Å². The quantitative estimate of drug-likeness (QED) is 0.778. The minimum atomic E-state index is -4.21. The van der Waals surface area contributed by atoms with Gasteiger partial charge in [-0.3, -0.25) is 0 Å². The normalized spacial score (nSPS) is 10.6. The Morgan fingerprint density at radius 3 is 2.67 bits per heavy atom. The summed E-state index contributed by atoms with van der Waals surface area (Å²) in [7, 11) is 0. The smallest absolute Gasteiger partial charge is 0.459 e. The standard InChI is InChI=1S/C11H8F3NO3/c1-2-17-10(16)11(13,14)18-8-4-3-7(6-15)9(12)5-8/h3-5H,2H2,1H3. The zero-order valence-corrected chi connectivity index (χ0v) is 9.25. The van der Waals surface area contributed by atoms with Gasteiger partial charge in [-0.15, -0.1) is 0 Å². The van der Waals surface area contributed by atoms with Crippen molar-refractivity contribution in [1.29, 1.82) is 5.26 Å². The van der Waals surface area contributed by atoms with Crippen molar-refractivity contribution in [3.63, 3.8) is 0 Å². The summed E-state index contributed by atoms with van der Waals surface area (Å²) in [5.41, 5.74) is -0.318. The van der Waals surface area contributed by atoms with Crippen LogP contribution in [0.3, 0.4) is 0 Å². The second-order valence-corrected chi connectivity index (χ2v) is 3.09. The second-order valence-electron chi connectivity index (χ2n) is 3.09. The minimum Gasteiger partial charge on any atom is -0.459 e. The first kappa shape index (κ1) is 13.8. The van der Waals surface area contributed by atoms with Crippen LogP contribution >= 0.6 is 0 Å². The molecule has 0 amide bonds. The zero-order valence-electron chi connectivity index (χ0n) is 9.25. The number of hydrogen-bond acceptors (Lipinski definition) is 4. The van der Waals surface area contributed by atoms with Crippen LogP contribution in [0.1, 0.15) is 12.5 Å². The maximum Gasteiger partial charge on any atom is 0.502 e. The average molecular weight is 259 g/mol. The molecule has 0 aliphatic carbocycles. The van der Waals surface area contributed by atoms with Gasteiger partial charge in [-0.1, -0.05) is 0 Å². The summed E-state index contributed by atoms with van der Waals surface area (Å²) in [4.78, 5) is 10.8. The van der Waals surface area contributed by atoms with Gasteiger partial charge in [0.25, 0.3) is 0 Å². The fourth-order valence-electron chi connectivity index (χ4n) is 1.05. The molecule has 1 aromatic rings. The highest BCUT2D eigenvalue weighted by atomic mass is 19.3. The molecule has 1 rings (SSSR count). The molecule has 0 aliphatic heterocycles. The number of nitrogens with zero attached hydrogens (tertiary/aromatic N) is 1. The number of rotatable bonds is 4. The number of carbonyl (C=O) groups is 1. The Hall–Kier alpha value is -2.23. The lowest BCUT2D eigenvalue weighted by molar-refractivity contribution is -0.216. The number of benzene rings is 1. The van der Waals surface area contributed by atoms with E-state index in [2.05, 4.69) is 9.47 Å². The number of ether oxygens (including phenoxy) is 2. The number of hydrogen-bond donors (Lipinski definition) is 0. The lowest BCUT2D eigenvalue weighted by atomic mass is 10.2. The molecule has 0 bridgehead atoms. The molecule has 0 spiro atoms. The van der Waals surface area contributed by atoms with Crippen molar-refractivity contribution in [2.24, 2.45) is 0 Å². The van der Waals surface area contributed by atoms with E-state index in [1.54, 1.807) is 0 Å². The molecular weight excluding hydrogens is 251 g/mol. The molecule has 0 aliphatic rings. The van der Waals surface area contributed by atoms with Crippen molar-refractivity contribution in [3.8, 4) is 11.8 Å². The van der Waals surface area contributed by atoms with Crippen LogP contribution in [0.15, 0.2) is 18.2 Å². The molecule has 0 N–H and O–H groups in total. The predicted molar refractivity (Wildman–Crippen MR) is 53.3 cm³/mol. The molecule has 96 valence electrons. The number of esters is 1. The molecule has 0 radical (unpaired) electrons. The van der Waals surface area contributed by atoms with E-state index in [0.717, 1.165) is 12.1 Å². The maximum atomic E-state index is 13.1. The van der Waals surface area contributed by atoms with Crippen molar-refractivity contribution in [2.45, 2.75) is 13.0 Å². The first-order chi connectivity index (χ1) is 8.40. The van der Waals surface area contributed by atoms with Crippen LogP contribution in [0, 0.1) is 17.1 Å². The summed E-state index contributed by atoms with van der Waals surface area (Å²) in [5.74, 6) is -3.46. The van der Waals surface area contributed by atoms with Gasteiger partial charge in [0.1, 0.15) is 17.6 Å². The third-order valence-electron chi connectivity index (χ3n) is 1.82. The van der Waals surface area contributed by atoms with E-state index >= 15 is 0 Å². The Balaban J connectivity index is 2.88. The molecule has 0 aromatic heterocycles. The van der Waals surface area contributed by atoms with Gasteiger partial charge in [-0.25, -0.2) is 9.18 Å². The Bertz CT molecular complexity index is 497. The van der Waals surface area contributed by atoms with Crippen LogP contribution in [0.2, 0.25) is 0 Å². The second kappa shape index (κ2) is 5.40. The summed E-state index contributed by atoms with van der Waals surface area (Å²) >= 11 is 0. The van der Waals surface area contributed by atoms with Crippen molar-refractivity contribution in [1.82, 2.24) is 0 Å². The van der Waals surface area contributed by atoms with Gasteiger partial charge in [0, 0.05) is 6.07 Å². The van der Waals surface area contributed by atoms with Crippen LogP contribution in [0.5, 0.6) is 5.75 Å². The number of alkyl halides is 2. The van der Waals surface area contributed by atoms with Crippen molar-refractivity contribution in [3.05, 3.63) is 29.6 Å². The molecule has 0 fully saturated rings. The molecule has 7 heteroatoms. The fraction of sp³-hybridized carbons (Fsp3) is 0.273. The Morgan fingerprint density at radius 2 is 2.17 bits per heavy atom. The minimum absolute atomic E-state index is 0.237. The molecule has 1 aromatic carbocycles. The van der Waals surface area contributed by atoms with Gasteiger partial charge in [0.15, 0.2) is 0 Å². The monoisotopic (exact) mass is 259 g/mol. The van der Waals surface area contributed by atoms with Crippen molar-refractivity contribution >= 4 is 5.97 Å². The Labute approximate surface area is 101 Å². The van der Waals surface area contributed by atoms with Crippen LogP contribution in [-0.2, 0) is 9.53 Å². The van der Waals surface area contributed by atoms with E-state index in [9.17, 15) is 18.0 Å². The molecule has 0 unspecified atom stereocenters. The van der Waals surface area contributed by atoms with Gasteiger partial charge in [0.2, 0.25) is 0 Å². The number of carbonyl (C=O) groups excluding carboxylic acids is 1. The fourth-order valence-corrected chi connectivity index (χ4v) is 1.05. The highest BCUT2D eigenvalue weighted by molar-refractivity contribution is 5.76. The third kappa shape index (κ3) is 3.13. The third-order valence-corrected chi connectivity index (χ3v) is 1.82. The topological polar surface area (TPSA) is 59.3 Å². The summed E-state index contributed by atoms with van der Waals surface area (Å²) in [6.07, 6.45) is -4.21. The molecule has 0 saturated heterocycles. The number of nitriles is 1. The van der Waals surface area contributed by atoms with E-state index in [1.165, 1.54) is 13.0 Å². The predicted octanol–water partition coefficient (Wildman–Crippen LogP) is 2.23. The molecule has 4 nitrogen and oxygen atoms in total. The van der Waals surface area contributed by atoms with E-state index in [4.69, 9.17) is 5.26 Å². The molecule has 0 heterocycles. The molecule has 0 saturated carbocycles. The van der Waals surface area contributed by atoms with Crippen molar-refractivity contribution < 1.29 is 27.4 Å².